The van der Waals surface area contributed by atoms with Gasteiger partial charge in [-0.25, -0.2) is 0 Å². The number of phosphoric ester groups is 1. The van der Waals surface area contributed by atoms with Crippen molar-refractivity contribution >= 4 is 31.1 Å². The third-order valence-corrected chi connectivity index (χ3v) is 10.0. The van der Waals surface area contributed by atoms with Crippen molar-refractivity contribution in [3.63, 3.8) is 0 Å². The van der Waals surface area contributed by atoms with E-state index in [4.69, 9.17) is 14.2 Å². The van der Waals surface area contributed by atoms with Crippen LogP contribution in [0, 0.1) is 0 Å². The first-order valence-electron chi connectivity index (χ1n) is 16.3. The zero-order chi connectivity index (χ0) is 38.6. The van der Waals surface area contributed by atoms with Gasteiger partial charge in [0, 0.05) is 36.0 Å². The van der Waals surface area contributed by atoms with E-state index in [0.29, 0.717) is 5.56 Å². The quantitative estimate of drug-likeness (QED) is 0.0888. The molecule has 0 spiro atoms. The maximum atomic E-state index is 13.9. The van der Waals surface area contributed by atoms with Crippen LogP contribution in [0.5, 0.6) is 23.0 Å². The second-order valence-electron chi connectivity index (χ2n) is 13.0. The largest absolute Gasteiger partial charge is 0.780 e. The van der Waals surface area contributed by atoms with Gasteiger partial charge in [-0.05, 0) is 30.7 Å². The van der Waals surface area contributed by atoms with Crippen LogP contribution in [0.2, 0.25) is 0 Å². The highest BCUT2D eigenvalue weighted by Crippen LogP contribution is 2.52. The molecule has 18 heteroatoms. The normalized spacial score (nSPS) is 25.2. The lowest BCUT2D eigenvalue weighted by Crippen LogP contribution is -2.56. The van der Waals surface area contributed by atoms with Gasteiger partial charge in [-0.15, -0.1) is 0 Å². The molecule has 0 saturated carbocycles. The topological polar surface area (TPSA) is 282 Å². The zero-order valence-corrected chi connectivity index (χ0v) is 29.0. The highest BCUT2D eigenvalue weighted by Gasteiger charge is 2.50. The summed E-state index contributed by atoms with van der Waals surface area (Å²) in [5.41, 5.74) is -3.85. The molecule has 3 aromatic carbocycles. The van der Waals surface area contributed by atoms with E-state index in [1.807, 2.05) is 0 Å². The molecule has 53 heavy (non-hydrogen) atoms. The molecule has 6 N–H and O–H groups in total. The molecule has 1 amide bonds. The van der Waals surface area contributed by atoms with Crippen molar-refractivity contribution in [3.05, 3.63) is 81.4 Å². The predicted octanol–water partition coefficient (Wildman–Crippen LogP) is -0.391. The van der Waals surface area contributed by atoms with Crippen LogP contribution in [0.25, 0.3) is 0 Å². The SMILES string of the molecule is COc1cccc2c1C(=O)c1c(O)c3c(c(O)c1C2=O)C[C@@](O)(C(=O)CO)C[C@@H]3O[C@H]1C[C@H](NC(=O)Cc2ccc(OP(=O)([O-])[O-])cc2)[C@H](O)[C@H](C)O1. The standard InChI is InChI=1S/C35H36NO16P/c1-15-30(40)20(36-24(39)10-16-6-8-17(9-7-16)52-53(46,47)48)11-25(50-15)51-22-13-35(45,23(38)14-37)12-19-27(22)34(44)29-28(32(19)42)31(41)18-4-3-5-21(49-2)26(18)33(29)43/h3-9,15,20,22,25,30,37,40,42,44-45H,10-14H2,1-2H3,(H,36,39)(H2,46,47,48)/p-2/t15-,20-,22-,25-,30+,35-/m0/s1. The molecule has 2 aliphatic carbocycles. The average molecular weight is 756 g/mol. The number of nitrogens with one attached hydrogen (secondary N) is 1. The minimum absolute atomic E-state index is 0.0381. The van der Waals surface area contributed by atoms with Crippen LogP contribution in [0.4, 0.5) is 0 Å². The molecule has 282 valence electrons. The molecule has 1 saturated heterocycles. The van der Waals surface area contributed by atoms with Crippen molar-refractivity contribution in [2.24, 2.45) is 0 Å². The van der Waals surface area contributed by atoms with Crippen LogP contribution < -0.4 is 24.4 Å². The third-order valence-electron chi connectivity index (χ3n) is 9.61. The molecule has 1 heterocycles. The number of carbonyl (C=O) groups excluding carboxylic acids is 4. The lowest BCUT2D eigenvalue weighted by atomic mass is 9.72. The molecular weight excluding hydrogens is 721 g/mol. The van der Waals surface area contributed by atoms with Crippen LogP contribution in [-0.2, 0) is 36.5 Å². The number of Topliss-reactive ketones (excluding diaryl/α,β-unsaturated/α-hetero) is 1. The Morgan fingerprint density at radius 1 is 1.04 bits per heavy atom. The Hall–Kier alpha value is -4.71. The van der Waals surface area contributed by atoms with Crippen LogP contribution >= 0.6 is 7.82 Å². The number of aliphatic hydroxyl groups is 3. The number of phosphoric acid groups is 1. The number of methoxy groups -OCH3 is 1. The lowest BCUT2D eigenvalue weighted by molar-refractivity contribution is -0.333. The summed E-state index contributed by atoms with van der Waals surface area (Å²) < 4.78 is 32.5. The molecule has 1 fully saturated rings. The van der Waals surface area contributed by atoms with Crippen molar-refractivity contribution < 1.29 is 77.8 Å². The molecule has 6 atom stereocenters. The second-order valence-corrected chi connectivity index (χ2v) is 14.1. The number of hydrogen-bond acceptors (Lipinski definition) is 16. The maximum Gasteiger partial charge on any atom is 0.224 e. The molecular formula is C35H34NO16P-2. The van der Waals surface area contributed by atoms with E-state index in [0.717, 1.165) is 0 Å². The van der Waals surface area contributed by atoms with Gasteiger partial charge in [0.05, 0.1) is 48.5 Å². The molecule has 0 radical (unpaired) electrons. The minimum atomic E-state index is -5.28. The first-order valence-corrected chi connectivity index (χ1v) is 17.7. The number of carbonyl (C=O) groups is 4. The van der Waals surface area contributed by atoms with Crippen molar-refractivity contribution in [1.82, 2.24) is 5.32 Å². The van der Waals surface area contributed by atoms with Gasteiger partial charge in [0.2, 0.25) is 11.7 Å². The minimum Gasteiger partial charge on any atom is -0.780 e. The lowest BCUT2D eigenvalue weighted by Gasteiger charge is -2.43. The second kappa shape index (κ2) is 14.3. The number of aliphatic hydroxyl groups excluding tert-OH is 2. The summed E-state index contributed by atoms with van der Waals surface area (Å²) >= 11 is 0. The summed E-state index contributed by atoms with van der Waals surface area (Å²) in [5.74, 6) is -5.06. The summed E-state index contributed by atoms with van der Waals surface area (Å²) in [7, 11) is -4.00. The smallest absolute Gasteiger partial charge is 0.224 e. The number of ether oxygens (including phenoxy) is 3. The summed E-state index contributed by atoms with van der Waals surface area (Å²) in [5, 5.41) is 58.0. The van der Waals surface area contributed by atoms with Gasteiger partial charge in [0.25, 0.3) is 0 Å². The highest BCUT2D eigenvalue weighted by molar-refractivity contribution is 7.43. The van der Waals surface area contributed by atoms with Crippen molar-refractivity contribution in [2.45, 2.75) is 68.9 Å². The molecule has 17 nitrogen and oxygen atoms in total. The van der Waals surface area contributed by atoms with E-state index >= 15 is 0 Å². The first kappa shape index (κ1) is 38.0. The molecule has 0 aromatic heterocycles. The van der Waals surface area contributed by atoms with Crippen LogP contribution in [0.3, 0.4) is 0 Å². The molecule has 0 bridgehead atoms. The summed E-state index contributed by atoms with van der Waals surface area (Å²) in [4.78, 5) is 75.2. The van der Waals surface area contributed by atoms with Crippen LogP contribution in [0.15, 0.2) is 42.5 Å². The zero-order valence-electron chi connectivity index (χ0n) is 28.1. The molecule has 1 aliphatic heterocycles. The summed E-state index contributed by atoms with van der Waals surface area (Å²) in [6.07, 6.45) is -6.76. The number of phenols is 2. The average Bonchev–Trinajstić information content (AvgIpc) is 3.10. The van der Waals surface area contributed by atoms with E-state index < -0.39 is 109 Å². The highest BCUT2D eigenvalue weighted by atomic mass is 31.2. The summed E-state index contributed by atoms with van der Waals surface area (Å²) in [6, 6.07) is 8.35. The monoisotopic (exact) mass is 755 g/mol. The molecule has 3 aromatic rings. The fraction of sp³-hybridized carbons (Fsp3) is 0.371. The number of fused-ring (bicyclic) bond motifs is 3. The number of ketones is 3. The molecule has 0 unspecified atom stereocenters. The van der Waals surface area contributed by atoms with Crippen molar-refractivity contribution in [1.29, 1.82) is 0 Å². The summed E-state index contributed by atoms with van der Waals surface area (Å²) in [6.45, 7) is 0.379. The number of hydrogen-bond donors (Lipinski definition) is 6. The Balaban J connectivity index is 1.30. The number of rotatable bonds is 10. The predicted molar refractivity (Wildman–Crippen MR) is 174 cm³/mol. The van der Waals surface area contributed by atoms with Gasteiger partial charge in [-0.1, -0.05) is 24.3 Å². The van der Waals surface area contributed by atoms with Crippen molar-refractivity contribution in [3.8, 4) is 23.0 Å². The van der Waals surface area contributed by atoms with Crippen LogP contribution in [0.1, 0.15) is 74.4 Å². The Labute approximate surface area is 300 Å². The Morgan fingerprint density at radius 2 is 1.72 bits per heavy atom. The van der Waals surface area contributed by atoms with Gasteiger partial charge in [-0.2, -0.15) is 0 Å². The molecule has 6 rings (SSSR count). The number of amides is 1. The Bertz CT molecular complexity index is 2040. The Kier molecular flexibility index (Phi) is 10.2. The van der Waals surface area contributed by atoms with Gasteiger partial charge in [-0.3, -0.25) is 19.2 Å². The van der Waals surface area contributed by atoms with Gasteiger partial charge in [0.15, 0.2) is 17.9 Å². The van der Waals surface area contributed by atoms with Gasteiger partial charge < -0.3 is 63.9 Å². The first-order chi connectivity index (χ1) is 25.0. The van der Waals surface area contributed by atoms with E-state index in [2.05, 4.69) is 9.84 Å². The van der Waals surface area contributed by atoms with Crippen molar-refractivity contribution in [2.75, 3.05) is 13.7 Å². The number of aromatic hydroxyl groups is 2. The molecule has 3 aliphatic rings. The fourth-order valence-corrected chi connectivity index (χ4v) is 7.48. The van der Waals surface area contributed by atoms with E-state index in [1.54, 1.807) is 0 Å². The number of benzene rings is 3. The van der Waals surface area contributed by atoms with E-state index in [-0.39, 0.29) is 46.6 Å². The van der Waals surface area contributed by atoms with E-state index in [1.165, 1.54) is 56.5 Å². The third kappa shape index (κ3) is 7.17. The van der Waals surface area contributed by atoms with Gasteiger partial charge >= 0.3 is 0 Å². The van der Waals surface area contributed by atoms with Gasteiger partial charge in [0.1, 0.15) is 49.1 Å². The Morgan fingerprint density at radius 3 is 2.36 bits per heavy atom. The fourth-order valence-electron chi connectivity index (χ4n) is 7.10. The van der Waals surface area contributed by atoms with Crippen LogP contribution in [-0.4, -0.2) is 92.6 Å². The number of phenolic OH excluding ortho intramolecular Hbond substituents is 2. The van der Waals surface area contributed by atoms with E-state index in [9.17, 15) is 59.1 Å². The maximum absolute atomic E-state index is 13.9.